The van der Waals surface area contributed by atoms with Crippen LogP contribution in [0.1, 0.15) is 12.8 Å². The van der Waals surface area contributed by atoms with Gasteiger partial charge in [0.1, 0.15) is 6.54 Å². The van der Waals surface area contributed by atoms with Crippen LogP contribution in [0.2, 0.25) is 5.28 Å². The van der Waals surface area contributed by atoms with Crippen molar-refractivity contribution in [1.29, 1.82) is 0 Å². The summed E-state index contributed by atoms with van der Waals surface area (Å²) in [6, 6.07) is 0. The Kier molecular flexibility index (Phi) is 3.41. The summed E-state index contributed by atoms with van der Waals surface area (Å²) in [4.78, 5) is 26.2. The van der Waals surface area contributed by atoms with Gasteiger partial charge in [0.2, 0.25) is 11.2 Å². The van der Waals surface area contributed by atoms with Crippen LogP contribution in [0.25, 0.3) is 11.2 Å². The lowest BCUT2D eigenvalue weighted by Gasteiger charge is -2.15. The Morgan fingerprint density at radius 3 is 2.85 bits per heavy atom. The molecule has 106 valence electrons. The van der Waals surface area contributed by atoms with Crippen LogP contribution in [0.5, 0.6) is 0 Å². The number of nitrogen functional groups attached to an aromatic ring is 1. The van der Waals surface area contributed by atoms with Gasteiger partial charge in [-0.2, -0.15) is 9.97 Å². The summed E-state index contributed by atoms with van der Waals surface area (Å²) in [6.07, 6.45) is 3.67. The topological polar surface area (TPSA) is 102 Å². The summed E-state index contributed by atoms with van der Waals surface area (Å²) in [5.41, 5.74) is 3.41. The van der Waals surface area contributed by atoms with Crippen LogP contribution in [0.15, 0.2) is 6.33 Å². The zero-order valence-electron chi connectivity index (χ0n) is 10.7. The number of halogens is 1. The standard InChI is InChI=1S/C11H14ClN7O/c12-11-15-9(17-13)8-10(16-11)19(6-14-8)5-7(20)18-3-1-2-4-18/h6H,1-5,13H2,(H,15,16,17). The number of nitrogens with two attached hydrogens (primary N) is 1. The number of hydrazine groups is 1. The monoisotopic (exact) mass is 295 g/mol. The number of rotatable bonds is 3. The fraction of sp³-hybridized carbons (Fsp3) is 0.455. The van der Waals surface area contributed by atoms with Gasteiger partial charge in [-0.1, -0.05) is 0 Å². The molecule has 1 fully saturated rings. The maximum absolute atomic E-state index is 12.2. The molecule has 8 nitrogen and oxygen atoms in total. The Morgan fingerprint density at radius 2 is 2.15 bits per heavy atom. The average molecular weight is 296 g/mol. The van der Waals surface area contributed by atoms with Gasteiger partial charge in [0, 0.05) is 13.1 Å². The number of amides is 1. The number of fused-ring (bicyclic) bond motifs is 1. The highest BCUT2D eigenvalue weighted by molar-refractivity contribution is 6.28. The number of aromatic nitrogens is 4. The van der Waals surface area contributed by atoms with Crippen LogP contribution < -0.4 is 11.3 Å². The van der Waals surface area contributed by atoms with Crippen LogP contribution in [-0.2, 0) is 11.3 Å². The highest BCUT2D eigenvalue weighted by atomic mass is 35.5. The van der Waals surface area contributed by atoms with E-state index in [0.29, 0.717) is 17.0 Å². The molecule has 0 radical (unpaired) electrons. The number of hydrogen-bond donors (Lipinski definition) is 2. The minimum atomic E-state index is 0.0544. The van der Waals surface area contributed by atoms with Crippen molar-refractivity contribution in [1.82, 2.24) is 24.4 Å². The molecule has 2 aromatic heterocycles. The van der Waals surface area contributed by atoms with E-state index >= 15 is 0 Å². The van der Waals surface area contributed by atoms with E-state index in [4.69, 9.17) is 17.4 Å². The third-order valence-electron chi connectivity index (χ3n) is 3.34. The van der Waals surface area contributed by atoms with E-state index in [1.54, 1.807) is 10.9 Å². The van der Waals surface area contributed by atoms with E-state index in [2.05, 4.69) is 20.4 Å². The van der Waals surface area contributed by atoms with Crippen molar-refractivity contribution >= 4 is 34.5 Å². The molecule has 20 heavy (non-hydrogen) atoms. The zero-order chi connectivity index (χ0) is 14.1. The van der Waals surface area contributed by atoms with Crippen molar-refractivity contribution in [3.63, 3.8) is 0 Å². The summed E-state index contributed by atoms with van der Waals surface area (Å²) in [6.45, 7) is 1.82. The van der Waals surface area contributed by atoms with E-state index in [-0.39, 0.29) is 17.7 Å². The highest BCUT2D eigenvalue weighted by Crippen LogP contribution is 2.20. The lowest BCUT2D eigenvalue weighted by molar-refractivity contribution is -0.130. The molecule has 0 aliphatic carbocycles. The Bertz CT molecular complexity index is 650. The smallest absolute Gasteiger partial charge is 0.242 e. The molecule has 2 aromatic rings. The van der Waals surface area contributed by atoms with Gasteiger partial charge in [0.25, 0.3) is 0 Å². The molecule has 0 atom stereocenters. The third-order valence-corrected chi connectivity index (χ3v) is 3.51. The van der Waals surface area contributed by atoms with Crippen molar-refractivity contribution in [2.45, 2.75) is 19.4 Å². The molecule has 1 aliphatic heterocycles. The van der Waals surface area contributed by atoms with Crippen molar-refractivity contribution < 1.29 is 4.79 Å². The Balaban J connectivity index is 1.92. The summed E-state index contributed by atoms with van der Waals surface area (Å²) >= 11 is 5.84. The van der Waals surface area contributed by atoms with Gasteiger partial charge in [0.05, 0.1) is 6.33 Å². The summed E-state index contributed by atoms with van der Waals surface area (Å²) < 4.78 is 1.66. The number of nitrogens with one attached hydrogen (secondary N) is 1. The first-order valence-corrected chi connectivity index (χ1v) is 6.69. The minimum absolute atomic E-state index is 0.0544. The average Bonchev–Trinajstić information content (AvgIpc) is 3.08. The summed E-state index contributed by atoms with van der Waals surface area (Å²) in [7, 11) is 0. The predicted molar refractivity (Wildman–Crippen MR) is 74.0 cm³/mol. The molecule has 9 heteroatoms. The fourth-order valence-electron chi connectivity index (χ4n) is 2.35. The molecule has 0 saturated carbocycles. The van der Waals surface area contributed by atoms with Crippen LogP contribution in [-0.4, -0.2) is 43.4 Å². The van der Waals surface area contributed by atoms with Crippen LogP contribution in [0.3, 0.4) is 0 Å². The lowest BCUT2D eigenvalue weighted by atomic mass is 10.4. The molecule has 0 spiro atoms. The van der Waals surface area contributed by atoms with Crippen LogP contribution in [0, 0.1) is 0 Å². The van der Waals surface area contributed by atoms with Crippen molar-refractivity contribution in [2.75, 3.05) is 18.5 Å². The van der Waals surface area contributed by atoms with E-state index in [9.17, 15) is 4.79 Å². The second-order valence-corrected chi connectivity index (χ2v) is 4.96. The van der Waals surface area contributed by atoms with Crippen LogP contribution in [0.4, 0.5) is 5.82 Å². The van der Waals surface area contributed by atoms with Crippen molar-refractivity contribution in [3.8, 4) is 0 Å². The third kappa shape index (κ3) is 2.27. The normalized spacial score (nSPS) is 15.0. The number of nitrogens with zero attached hydrogens (tertiary/aromatic N) is 5. The van der Waals surface area contributed by atoms with Gasteiger partial charge >= 0.3 is 0 Å². The summed E-state index contributed by atoms with van der Waals surface area (Å²) in [5, 5.41) is 0.0563. The fourth-order valence-corrected chi connectivity index (χ4v) is 2.51. The number of imidazole rings is 1. The predicted octanol–water partition coefficient (Wildman–Crippen LogP) is 0.388. The second kappa shape index (κ2) is 5.22. The van der Waals surface area contributed by atoms with Gasteiger partial charge in [-0.25, -0.2) is 10.8 Å². The van der Waals surface area contributed by atoms with E-state index < -0.39 is 0 Å². The molecule has 3 rings (SSSR count). The van der Waals surface area contributed by atoms with E-state index in [0.717, 1.165) is 25.9 Å². The summed E-state index contributed by atoms with van der Waals surface area (Å²) in [5.74, 6) is 5.77. The molecular formula is C11H14ClN7O. The first-order valence-electron chi connectivity index (χ1n) is 6.32. The maximum atomic E-state index is 12.2. The van der Waals surface area contributed by atoms with E-state index in [1.165, 1.54) is 0 Å². The number of carbonyl (C=O) groups is 1. The van der Waals surface area contributed by atoms with Gasteiger partial charge in [-0.3, -0.25) is 4.79 Å². The van der Waals surface area contributed by atoms with Gasteiger partial charge in [-0.05, 0) is 24.4 Å². The minimum Gasteiger partial charge on any atom is -0.341 e. The van der Waals surface area contributed by atoms with Gasteiger partial charge in [-0.15, -0.1) is 0 Å². The molecule has 0 bridgehead atoms. The quantitative estimate of drug-likeness (QED) is 0.482. The van der Waals surface area contributed by atoms with Crippen LogP contribution >= 0.6 is 11.6 Å². The maximum Gasteiger partial charge on any atom is 0.242 e. The molecule has 1 saturated heterocycles. The number of anilines is 1. The number of hydrogen-bond acceptors (Lipinski definition) is 6. The van der Waals surface area contributed by atoms with Crippen molar-refractivity contribution in [3.05, 3.63) is 11.6 Å². The Morgan fingerprint density at radius 1 is 1.40 bits per heavy atom. The first-order chi connectivity index (χ1) is 9.69. The Hall–Kier alpha value is -1.93. The molecule has 3 N–H and O–H groups in total. The lowest BCUT2D eigenvalue weighted by Crippen LogP contribution is -2.30. The number of carbonyl (C=O) groups excluding carboxylic acids is 1. The molecule has 0 unspecified atom stereocenters. The Labute approximate surface area is 119 Å². The van der Waals surface area contributed by atoms with Gasteiger partial charge in [0.15, 0.2) is 17.0 Å². The molecular weight excluding hydrogens is 282 g/mol. The van der Waals surface area contributed by atoms with E-state index in [1.807, 2.05) is 4.90 Å². The molecule has 1 aliphatic rings. The molecule has 3 heterocycles. The second-order valence-electron chi connectivity index (χ2n) is 4.62. The number of likely N-dealkylation sites (tertiary alicyclic amines) is 1. The van der Waals surface area contributed by atoms with Gasteiger partial charge < -0.3 is 14.9 Å². The largest absolute Gasteiger partial charge is 0.341 e. The molecule has 1 amide bonds. The highest BCUT2D eigenvalue weighted by Gasteiger charge is 2.20. The van der Waals surface area contributed by atoms with Crippen molar-refractivity contribution in [2.24, 2.45) is 5.84 Å². The zero-order valence-corrected chi connectivity index (χ0v) is 11.5. The first kappa shape index (κ1) is 13.1. The molecule has 0 aromatic carbocycles. The SMILES string of the molecule is NNc1nc(Cl)nc2c1ncn2CC(=O)N1CCCC1.